The summed E-state index contributed by atoms with van der Waals surface area (Å²) in [6, 6.07) is 0. The largest absolute Gasteiger partial charge is 0.476 e. The van der Waals surface area contributed by atoms with Crippen molar-refractivity contribution in [2.75, 3.05) is 11.9 Å². The van der Waals surface area contributed by atoms with Crippen LogP contribution in [-0.4, -0.2) is 22.6 Å². The SMILES string of the molecule is CCC1(CNc2scnc2C(=O)O)CCC1. The lowest BCUT2D eigenvalue weighted by molar-refractivity contribution is 0.0692. The molecule has 1 fully saturated rings. The first-order valence-corrected chi connectivity index (χ1v) is 6.45. The molecule has 16 heavy (non-hydrogen) atoms. The van der Waals surface area contributed by atoms with E-state index in [0.717, 1.165) is 13.0 Å². The monoisotopic (exact) mass is 240 g/mol. The van der Waals surface area contributed by atoms with Gasteiger partial charge in [0.2, 0.25) is 0 Å². The highest BCUT2D eigenvalue weighted by Gasteiger charge is 2.35. The Balaban J connectivity index is 1.99. The number of aromatic carboxylic acids is 1. The van der Waals surface area contributed by atoms with Gasteiger partial charge < -0.3 is 10.4 Å². The van der Waals surface area contributed by atoms with Crippen molar-refractivity contribution < 1.29 is 9.90 Å². The molecule has 88 valence electrons. The summed E-state index contributed by atoms with van der Waals surface area (Å²) in [5.74, 6) is -0.956. The van der Waals surface area contributed by atoms with E-state index in [9.17, 15) is 4.79 Å². The van der Waals surface area contributed by atoms with Gasteiger partial charge in [-0.1, -0.05) is 13.3 Å². The molecule has 1 heterocycles. The molecule has 0 atom stereocenters. The molecular formula is C11H16N2O2S. The molecule has 0 spiro atoms. The highest BCUT2D eigenvalue weighted by atomic mass is 32.1. The number of carboxylic acids is 1. The first-order chi connectivity index (χ1) is 7.67. The van der Waals surface area contributed by atoms with E-state index in [1.54, 1.807) is 5.51 Å². The predicted molar refractivity (Wildman–Crippen MR) is 64.1 cm³/mol. The minimum atomic E-state index is -0.956. The lowest BCUT2D eigenvalue weighted by Gasteiger charge is -2.41. The minimum absolute atomic E-state index is 0.149. The van der Waals surface area contributed by atoms with Crippen LogP contribution in [0, 0.1) is 5.41 Å². The molecule has 0 bridgehead atoms. The van der Waals surface area contributed by atoms with Crippen LogP contribution in [0.1, 0.15) is 43.1 Å². The zero-order valence-corrected chi connectivity index (χ0v) is 10.1. The third kappa shape index (κ3) is 2.04. The predicted octanol–water partition coefficient (Wildman–Crippen LogP) is 2.83. The average molecular weight is 240 g/mol. The molecule has 0 radical (unpaired) electrons. The number of hydrogen-bond donors (Lipinski definition) is 2. The minimum Gasteiger partial charge on any atom is -0.476 e. The molecule has 0 unspecified atom stereocenters. The molecule has 1 aliphatic carbocycles. The summed E-state index contributed by atoms with van der Waals surface area (Å²) in [6.07, 6.45) is 4.95. The zero-order chi connectivity index (χ0) is 11.6. The van der Waals surface area contributed by atoms with Crippen LogP contribution in [-0.2, 0) is 0 Å². The average Bonchev–Trinajstić information content (AvgIpc) is 2.65. The van der Waals surface area contributed by atoms with E-state index in [-0.39, 0.29) is 5.69 Å². The Morgan fingerprint density at radius 3 is 2.94 bits per heavy atom. The van der Waals surface area contributed by atoms with Gasteiger partial charge in [0.25, 0.3) is 0 Å². The van der Waals surface area contributed by atoms with Crippen LogP contribution in [0.25, 0.3) is 0 Å². The highest BCUT2D eigenvalue weighted by molar-refractivity contribution is 7.14. The third-order valence-corrected chi connectivity index (χ3v) is 4.34. The molecule has 0 aromatic carbocycles. The van der Waals surface area contributed by atoms with E-state index in [4.69, 9.17) is 5.11 Å². The number of nitrogens with zero attached hydrogens (tertiary/aromatic N) is 1. The van der Waals surface area contributed by atoms with Crippen molar-refractivity contribution in [1.82, 2.24) is 4.98 Å². The Morgan fingerprint density at radius 1 is 1.69 bits per heavy atom. The van der Waals surface area contributed by atoms with Crippen molar-refractivity contribution >= 4 is 22.3 Å². The van der Waals surface area contributed by atoms with Gasteiger partial charge in [-0.2, -0.15) is 0 Å². The Kier molecular flexibility index (Phi) is 3.14. The maximum Gasteiger partial charge on any atom is 0.357 e. The number of rotatable bonds is 5. The molecule has 5 heteroatoms. The van der Waals surface area contributed by atoms with Gasteiger partial charge in [0, 0.05) is 6.54 Å². The van der Waals surface area contributed by atoms with Crippen molar-refractivity contribution in [2.45, 2.75) is 32.6 Å². The number of carboxylic acid groups (broad SMARTS) is 1. The maximum absolute atomic E-state index is 10.9. The summed E-state index contributed by atoms with van der Waals surface area (Å²) < 4.78 is 0. The summed E-state index contributed by atoms with van der Waals surface area (Å²) in [5, 5.41) is 12.8. The Labute approximate surface area is 98.7 Å². The molecule has 1 aliphatic rings. The molecule has 1 aromatic rings. The first-order valence-electron chi connectivity index (χ1n) is 5.57. The van der Waals surface area contributed by atoms with Crippen molar-refractivity contribution in [3.63, 3.8) is 0 Å². The lowest BCUT2D eigenvalue weighted by Crippen LogP contribution is -2.35. The van der Waals surface area contributed by atoms with E-state index in [2.05, 4.69) is 17.2 Å². The lowest BCUT2D eigenvalue weighted by atomic mass is 9.67. The fraction of sp³-hybridized carbons (Fsp3) is 0.636. The molecule has 4 nitrogen and oxygen atoms in total. The van der Waals surface area contributed by atoms with Crippen LogP contribution in [0.3, 0.4) is 0 Å². The van der Waals surface area contributed by atoms with E-state index in [1.807, 2.05) is 0 Å². The zero-order valence-electron chi connectivity index (χ0n) is 9.32. The van der Waals surface area contributed by atoms with Crippen molar-refractivity contribution in [1.29, 1.82) is 0 Å². The van der Waals surface area contributed by atoms with Crippen molar-refractivity contribution in [3.8, 4) is 0 Å². The molecule has 0 saturated heterocycles. The smallest absolute Gasteiger partial charge is 0.357 e. The first kappa shape index (κ1) is 11.4. The van der Waals surface area contributed by atoms with Gasteiger partial charge in [-0.05, 0) is 24.7 Å². The number of aromatic nitrogens is 1. The second-order valence-electron chi connectivity index (χ2n) is 4.40. The van der Waals surface area contributed by atoms with Crippen LogP contribution in [0.2, 0.25) is 0 Å². The number of nitrogens with one attached hydrogen (secondary N) is 1. The number of hydrogen-bond acceptors (Lipinski definition) is 4. The summed E-state index contributed by atoms with van der Waals surface area (Å²) in [4.78, 5) is 14.7. The molecule has 0 aliphatic heterocycles. The Bertz CT molecular complexity index is 380. The Morgan fingerprint density at radius 2 is 2.44 bits per heavy atom. The molecule has 1 saturated carbocycles. The Hall–Kier alpha value is -1.10. The van der Waals surface area contributed by atoms with E-state index < -0.39 is 5.97 Å². The fourth-order valence-electron chi connectivity index (χ4n) is 2.12. The van der Waals surface area contributed by atoms with Gasteiger partial charge in [0.05, 0.1) is 5.51 Å². The molecule has 0 amide bonds. The van der Waals surface area contributed by atoms with E-state index in [0.29, 0.717) is 10.4 Å². The molecule has 1 aromatic heterocycles. The summed E-state index contributed by atoms with van der Waals surface area (Å²) in [5.41, 5.74) is 2.11. The van der Waals surface area contributed by atoms with Gasteiger partial charge >= 0.3 is 5.97 Å². The van der Waals surface area contributed by atoms with Crippen LogP contribution < -0.4 is 5.32 Å². The standard InChI is InChI=1S/C11H16N2O2S/c1-2-11(4-3-5-11)6-12-9-8(10(14)15)13-7-16-9/h7,12H,2-6H2,1H3,(H,14,15). The van der Waals surface area contributed by atoms with E-state index >= 15 is 0 Å². The number of thiazole rings is 1. The topological polar surface area (TPSA) is 62.2 Å². The van der Waals surface area contributed by atoms with Crippen LogP contribution >= 0.6 is 11.3 Å². The molecular weight excluding hydrogens is 224 g/mol. The summed E-state index contributed by atoms with van der Waals surface area (Å²) in [6.45, 7) is 3.07. The molecule has 2 N–H and O–H groups in total. The molecule has 2 rings (SSSR count). The summed E-state index contributed by atoms with van der Waals surface area (Å²) in [7, 11) is 0. The number of anilines is 1. The van der Waals surface area contributed by atoms with Crippen molar-refractivity contribution in [2.24, 2.45) is 5.41 Å². The van der Waals surface area contributed by atoms with Crippen LogP contribution in [0.15, 0.2) is 5.51 Å². The number of carbonyl (C=O) groups is 1. The van der Waals surface area contributed by atoms with Gasteiger partial charge in [-0.25, -0.2) is 9.78 Å². The second kappa shape index (κ2) is 4.41. The highest BCUT2D eigenvalue weighted by Crippen LogP contribution is 2.44. The van der Waals surface area contributed by atoms with Gasteiger partial charge in [-0.15, -0.1) is 11.3 Å². The normalized spacial score (nSPS) is 17.8. The maximum atomic E-state index is 10.9. The second-order valence-corrected chi connectivity index (χ2v) is 5.25. The fourth-order valence-corrected chi connectivity index (χ4v) is 2.79. The van der Waals surface area contributed by atoms with Crippen LogP contribution in [0.4, 0.5) is 5.00 Å². The van der Waals surface area contributed by atoms with Crippen LogP contribution in [0.5, 0.6) is 0 Å². The van der Waals surface area contributed by atoms with Gasteiger partial charge in [0.1, 0.15) is 5.00 Å². The van der Waals surface area contributed by atoms with E-state index in [1.165, 1.54) is 30.6 Å². The third-order valence-electron chi connectivity index (χ3n) is 3.56. The quantitative estimate of drug-likeness (QED) is 0.830. The van der Waals surface area contributed by atoms with Gasteiger partial charge in [-0.3, -0.25) is 0 Å². The summed E-state index contributed by atoms with van der Waals surface area (Å²) >= 11 is 1.36. The van der Waals surface area contributed by atoms with Crippen molar-refractivity contribution in [3.05, 3.63) is 11.2 Å². The van der Waals surface area contributed by atoms with Gasteiger partial charge in [0.15, 0.2) is 5.69 Å².